The summed E-state index contributed by atoms with van der Waals surface area (Å²) in [5, 5.41) is -0.270. The fourth-order valence-corrected chi connectivity index (χ4v) is 3.79. The van der Waals surface area contributed by atoms with E-state index in [1.165, 1.54) is 13.3 Å². The number of hydrogen-bond acceptors (Lipinski definition) is 6. The number of nitrogens with zero attached hydrogens (tertiary/aromatic N) is 3. The molecule has 0 aliphatic rings. The van der Waals surface area contributed by atoms with E-state index in [2.05, 4.69) is 19.7 Å². The number of halogens is 2. The summed E-state index contributed by atoms with van der Waals surface area (Å²) in [6, 6.07) is 10.1. The average molecular weight is 464 g/mol. The second-order valence-corrected chi connectivity index (χ2v) is 8.53. The average Bonchev–Trinajstić information content (AvgIpc) is 2.78. The zero-order valence-electron chi connectivity index (χ0n) is 16.4. The first-order valence-electron chi connectivity index (χ1n) is 8.97. The lowest BCUT2D eigenvalue weighted by Gasteiger charge is -2.08. The number of methoxy groups -OCH3 is 1. The van der Waals surface area contributed by atoms with E-state index < -0.39 is 15.8 Å². The number of amidine groups is 1. The maximum Gasteiger partial charge on any atom is 0.240 e. The van der Waals surface area contributed by atoms with Gasteiger partial charge in [0.05, 0.1) is 23.6 Å². The zero-order valence-corrected chi connectivity index (χ0v) is 18.0. The molecule has 0 amide bonds. The van der Waals surface area contributed by atoms with Crippen molar-refractivity contribution in [3.63, 3.8) is 0 Å². The number of aromatic nitrogens is 2. The molecular formula is C20H19ClFN5O3S. The highest BCUT2D eigenvalue weighted by Gasteiger charge is 2.15. The van der Waals surface area contributed by atoms with Gasteiger partial charge in [-0.05, 0) is 41.5 Å². The van der Waals surface area contributed by atoms with Gasteiger partial charge in [-0.15, -0.1) is 0 Å². The third-order valence-electron chi connectivity index (χ3n) is 4.20. The summed E-state index contributed by atoms with van der Waals surface area (Å²) in [6.45, 7) is 0.312. The van der Waals surface area contributed by atoms with Crippen molar-refractivity contribution in [1.82, 2.24) is 14.7 Å². The maximum absolute atomic E-state index is 13.2. The third-order valence-corrected chi connectivity index (χ3v) is 5.88. The van der Waals surface area contributed by atoms with Gasteiger partial charge in [-0.2, -0.15) is 0 Å². The molecular weight excluding hydrogens is 445 g/mol. The molecule has 2 heterocycles. The fourth-order valence-electron chi connectivity index (χ4n) is 2.50. The summed E-state index contributed by atoms with van der Waals surface area (Å²) in [5.74, 6) is 0.0331. The zero-order chi connectivity index (χ0) is 22.4. The van der Waals surface area contributed by atoms with E-state index in [0.29, 0.717) is 23.7 Å². The Hall–Kier alpha value is -3.08. The minimum Gasteiger partial charge on any atom is -0.481 e. The highest BCUT2D eigenvalue weighted by Crippen LogP contribution is 2.19. The Morgan fingerprint density at radius 1 is 1.19 bits per heavy atom. The first-order valence-corrected chi connectivity index (χ1v) is 10.8. The molecule has 3 N–H and O–H groups in total. The lowest BCUT2D eigenvalue weighted by molar-refractivity contribution is 0.397. The number of rotatable bonds is 8. The number of nitrogens with two attached hydrogens (primary N) is 1. The van der Waals surface area contributed by atoms with Crippen LogP contribution in [-0.4, -0.2) is 31.3 Å². The molecule has 3 rings (SSSR count). The quantitative estimate of drug-likeness (QED) is 0.391. The molecule has 0 spiro atoms. The Labute approximate surface area is 184 Å². The van der Waals surface area contributed by atoms with Gasteiger partial charge in [0.2, 0.25) is 15.9 Å². The van der Waals surface area contributed by atoms with Crippen molar-refractivity contribution in [2.45, 2.75) is 18.0 Å². The predicted molar refractivity (Wildman–Crippen MR) is 115 cm³/mol. The largest absolute Gasteiger partial charge is 0.481 e. The van der Waals surface area contributed by atoms with Gasteiger partial charge < -0.3 is 10.5 Å². The molecule has 0 unspecified atom stereocenters. The summed E-state index contributed by atoms with van der Waals surface area (Å²) < 4.78 is 45.4. The lowest BCUT2D eigenvalue weighted by atomic mass is 10.2. The first kappa shape index (κ1) is 22.6. The lowest BCUT2D eigenvalue weighted by Crippen LogP contribution is -2.23. The summed E-state index contributed by atoms with van der Waals surface area (Å²) in [6.07, 6.45) is 3.11. The summed E-state index contributed by atoms with van der Waals surface area (Å²) in [7, 11) is -2.33. The van der Waals surface area contributed by atoms with Crippen LogP contribution in [0.15, 0.2) is 64.7 Å². The van der Waals surface area contributed by atoms with Crippen LogP contribution in [0.5, 0.6) is 5.88 Å². The third kappa shape index (κ3) is 5.97. The molecule has 0 radical (unpaired) electrons. The standard InChI is InChI=1S/C20H19ClFN5O3S/c1-30-19-8-13(6-7-24-19)10-26-20(23)18-5-2-14(11-25-18)12-27-31(28,29)15-3-4-17(22)16(21)9-15/h2-9,11,27H,10,12H2,1H3,(H2,23,26). The van der Waals surface area contributed by atoms with Crippen LogP contribution in [0, 0.1) is 5.82 Å². The molecule has 0 aliphatic carbocycles. The van der Waals surface area contributed by atoms with E-state index in [0.717, 1.165) is 23.8 Å². The predicted octanol–water partition coefficient (Wildman–Crippen LogP) is 2.66. The van der Waals surface area contributed by atoms with Crippen molar-refractivity contribution in [2.24, 2.45) is 10.7 Å². The van der Waals surface area contributed by atoms with E-state index in [1.54, 1.807) is 30.5 Å². The number of benzene rings is 1. The number of pyridine rings is 2. The normalized spacial score (nSPS) is 12.0. The van der Waals surface area contributed by atoms with Crippen LogP contribution >= 0.6 is 11.6 Å². The van der Waals surface area contributed by atoms with Gasteiger partial charge >= 0.3 is 0 Å². The Kier molecular flexibility index (Phi) is 7.16. The van der Waals surface area contributed by atoms with E-state index in [1.807, 2.05) is 0 Å². The van der Waals surface area contributed by atoms with Crippen LogP contribution in [0.4, 0.5) is 4.39 Å². The molecule has 31 heavy (non-hydrogen) atoms. The first-order chi connectivity index (χ1) is 14.8. The number of aliphatic imine (C=N–C) groups is 1. The van der Waals surface area contributed by atoms with Gasteiger partial charge in [-0.1, -0.05) is 17.7 Å². The molecule has 0 bridgehead atoms. The van der Waals surface area contributed by atoms with Crippen LogP contribution in [0.3, 0.4) is 0 Å². The van der Waals surface area contributed by atoms with Gasteiger partial charge in [0, 0.05) is 25.0 Å². The summed E-state index contributed by atoms with van der Waals surface area (Å²) >= 11 is 5.65. The van der Waals surface area contributed by atoms with Gasteiger partial charge in [0.25, 0.3) is 0 Å². The van der Waals surface area contributed by atoms with Gasteiger partial charge in [-0.25, -0.2) is 22.5 Å². The monoisotopic (exact) mass is 463 g/mol. The molecule has 11 heteroatoms. The Morgan fingerprint density at radius 2 is 2.00 bits per heavy atom. The van der Waals surface area contributed by atoms with E-state index in [9.17, 15) is 12.8 Å². The van der Waals surface area contributed by atoms with Crippen molar-refractivity contribution >= 4 is 27.5 Å². The Balaban J connectivity index is 1.63. The smallest absolute Gasteiger partial charge is 0.240 e. The number of sulfonamides is 1. The van der Waals surface area contributed by atoms with Crippen molar-refractivity contribution in [3.05, 3.63) is 82.5 Å². The van der Waals surface area contributed by atoms with E-state index in [4.69, 9.17) is 22.1 Å². The Bertz CT molecular complexity index is 1200. The summed E-state index contributed by atoms with van der Waals surface area (Å²) in [4.78, 5) is 12.4. The minimum absolute atomic E-state index is 0.0154. The van der Waals surface area contributed by atoms with E-state index >= 15 is 0 Å². The molecule has 162 valence electrons. The van der Waals surface area contributed by atoms with Crippen LogP contribution in [0.25, 0.3) is 0 Å². The van der Waals surface area contributed by atoms with E-state index in [-0.39, 0.29) is 22.3 Å². The second kappa shape index (κ2) is 9.82. The minimum atomic E-state index is -3.86. The molecule has 0 aliphatic heterocycles. The van der Waals surface area contributed by atoms with Crippen LogP contribution < -0.4 is 15.2 Å². The number of nitrogens with one attached hydrogen (secondary N) is 1. The summed E-state index contributed by atoms with van der Waals surface area (Å²) in [5.41, 5.74) is 7.93. The molecule has 0 atom stereocenters. The van der Waals surface area contributed by atoms with Crippen molar-refractivity contribution in [1.29, 1.82) is 0 Å². The number of hydrogen-bond donors (Lipinski definition) is 2. The molecule has 8 nitrogen and oxygen atoms in total. The van der Waals surface area contributed by atoms with Gasteiger partial charge in [0.1, 0.15) is 17.3 Å². The molecule has 3 aromatic rings. The fraction of sp³-hybridized carbons (Fsp3) is 0.150. The van der Waals surface area contributed by atoms with Gasteiger partial charge in [0.15, 0.2) is 0 Å². The molecule has 0 saturated carbocycles. The molecule has 0 saturated heterocycles. The highest BCUT2D eigenvalue weighted by molar-refractivity contribution is 7.89. The topological polar surface area (TPSA) is 120 Å². The van der Waals surface area contributed by atoms with Gasteiger partial charge in [-0.3, -0.25) is 9.98 Å². The molecule has 2 aromatic heterocycles. The van der Waals surface area contributed by atoms with Crippen molar-refractivity contribution in [3.8, 4) is 5.88 Å². The van der Waals surface area contributed by atoms with Crippen LogP contribution in [0.2, 0.25) is 5.02 Å². The maximum atomic E-state index is 13.2. The van der Waals surface area contributed by atoms with Crippen LogP contribution in [0.1, 0.15) is 16.8 Å². The van der Waals surface area contributed by atoms with Crippen molar-refractivity contribution < 1.29 is 17.5 Å². The second-order valence-electron chi connectivity index (χ2n) is 6.36. The molecule has 1 aromatic carbocycles. The number of ether oxygens (including phenoxy) is 1. The highest BCUT2D eigenvalue weighted by atomic mass is 35.5. The molecule has 0 fully saturated rings. The van der Waals surface area contributed by atoms with Crippen molar-refractivity contribution in [2.75, 3.05) is 7.11 Å². The van der Waals surface area contributed by atoms with Crippen LogP contribution in [-0.2, 0) is 23.1 Å². The Morgan fingerprint density at radius 3 is 2.68 bits per heavy atom. The SMILES string of the molecule is COc1cc(CN=C(N)c2ccc(CNS(=O)(=O)c3ccc(F)c(Cl)c3)cn2)ccn1.